The summed E-state index contributed by atoms with van der Waals surface area (Å²) in [7, 11) is 0. The Morgan fingerprint density at radius 3 is 2.79 bits per heavy atom. The lowest BCUT2D eigenvalue weighted by molar-refractivity contribution is 0.0470. The van der Waals surface area contributed by atoms with Crippen molar-refractivity contribution in [3.8, 4) is 5.75 Å². The minimum absolute atomic E-state index is 0.0365. The number of benzene rings is 2. The lowest BCUT2D eigenvalue weighted by Gasteiger charge is -2.09. The van der Waals surface area contributed by atoms with Gasteiger partial charge in [-0.2, -0.15) is 0 Å². The molecule has 5 nitrogen and oxygen atoms in total. The van der Waals surface area contributed by atoms with Gasteiger partial charge in [-0.15, -0.1) is 0 Å². The zero-order valence-electron chi connectivity index (χ0n) is 12.7. The molecule has 3 aromatic rings. The first-order valence-corrected chi connectivity index (χ1v) is 7.51. The minimum atomic E-state index is -0.733. The van der Waals surface area contributed by atoms with Gasteiger partial charge < -0.3 is 14.3 Å². The summed E-state index contributed by atoms with van der Waals surface area (Å²) in [5.41, 5.74) is 1.34. The summed E-state index contributed by atoms with van der Waals surface area (Å²) in [5, 5.41) is 10.7. The molecule has 0 aliphatic rings. The molecule has 0 amide bonds. The molecular weight excluding hydrogens is 332 g/mol. The molecular formula is C18H13ClO5. The number of phenols is 1. The summed E-state index contributed by atoms with van der Waals surface area (Å²) < 4.78 is 10.4. The van der Waals surface area contributed by atoms with Crippen LogP contribution in [0, 0.1) is 6.92 Å². The number of ether oxygens (including phenoxy) is 1. The highest BCUT2D eigenvalue weighted by molar-refractivity contribution is 6.31. The molecule has 0 radical (unpaired) electrons. The van der Waals surface area contributed by atoms with E-state index >= 15 is 0 Å². The smallest absolute Gasteiger partial charge is 0.342 e. The van der Waals surface area contributed by atoms with Crippen LogP contribution in [0.2, 0.25) is 5.02 Å². The molecule has 1 N–H and O–H groups in total. The van der Waals surface area contributed by atoms with E-state index in [0.717, 1.165) is 5.56 Å². The molecule has 0 saturated carbocycles. The van der Waals surface area contributed by atoms with Crippen LogP contribution >= 0.6 is 11.6 Å². The summed E-state index contributed by atoms with van der Waals surface area (Å²) in [6.07, 6.45) is 0. The van der Waals surface area contributed by atoms with Crippen LogP contribution in [0.25, 0.3) is 11.0 Å². The van der Waals surface area contributed by atoms with Gasteiger partial charge in [-0.05, 0) is 36.8 Å². The first-order chi connectivity index (χ1) is 11.4. The topological polar surface area (TPSA) is 76.7 Å². The van der Waals surface area contributed by atoms with E-state index in [9.17, 15) is 14.7 Å². The second-order valence-corrected chi connectivity index (χ2v) is 5.76. The molecule has 0 fully saturated rings. The monoisotopic (exact) mass is 344 g/mol. The number of hydrogen-bond acceptors (Lipinski definition) is 5. The van der Waals surface area contributed by atoms with Crippen molar-refractivity contribution >= 4 is 28.5 Å². The van der Waals surface area contributed by atoms with Crippen molar-refractivity contribution in [3.63, 3.8) is 0 Å². The Hall–Kier alpha value is -2.79. The third kappa shape index (κ3) is 3.26. The molecule has 24 heavy (non-hydrogen) atoms. The fourth-order valence-corrected chi connectivity index (χ4v) is 2.52. The number of esters is 1. The van der Waals surface area contributed by atoms with Gasteiger partial charge in [0.2, 0.25) is 0 Å². The lowest BCUT2D eigenvalue weighted by atomic mass is 10.1. The van der Waals surface area contributed by atoms with Gasteiger partial charge in [-0.3, -0.25) is 0 Å². The van der Waals surface area contributed by atoms with Crippen molar-refractivity contribution in [1.29, 1.82) is 0 Å². The fraction of sp³-hybridized carbons (Fsp3) is 0.111. The third-order valence-electron chi connectivity index (χ3n) is 3.52. The van der Waals surface area contributed by atoms with Gasteiger partial charge in [0.05, 0.1) is 0 Å². The van der Waals surface area contributed by atoms with Crippen LogP contribution in [0.5, 0.6) is 5.75 Å². The zero-order valence-corrected chi connectivity index (χ0v) is 13.5. The fourth-order valence-electron chi connectivity index (χ4n) is 2.35. The highest BCUT2D eigenvalue weighted by Crippen LogP contribution is 2.24. The highest BCUT2D eigenvalue weighted by Gasteiger charge is 2.15. The van der Waals surface area contributed by atoms with Crippen LogP contribution in [-0.2, 0) is 11.3 Å². The summed E-state index contributed by atoms with van der Waals surface area (Å²) in [4.78, 5) is 23.8. The summed E-state index contributed by atoms with van der Waals surface area (Å²) >= 11 is 5.82. The minimum Gasteiger partial charge on any atom is -0.507 e. The van der Waals surface area contributed by atoms with E-state index < -0.39 is 11.6 Å². The Labute approximate surface area is 142 Å². The number of halogens is 1. The van der Waals surface area contributed by atoms with Gasteiger partial charge >= 0.3 is 11.6 Å². The van der Waals surface area contributed by atoms with Crippen LogP contribution in [0.1, 0.15) is 21.5 Å². The number of rotatable bonds is 3. The van der Waals surface area contributed by atoms with E-state index in [1.54, 1.807) is 12.1 Å². The standard InChI is InChI=1S/C18H13ClO5/c1-10-2-4-13-11(7-17(21)24-16(13)6-10)9-23-18(22)14-8-12(19)3-5-15(14)20/h2-8,20H,9H2,1H3. The van der Waals surface area contributed by atoms with Gasteiger partial charge in [0.1, 0.15) is 23.5 Å². The van der Waals surface area contributed by atoms with E-state index in [-0.39, 0.29) is 17.9 Å². The van der Waals surface area contributed by atoms with Crippen molar-refractivity contribution in [2.75, 3.05) is 0 Å². The average Bonchev–Trinajstić information content (AvgIpc) is 2.54. The molecule has 0 bridgehead atoms. The first-order valence-electron chi connectivity index (χ1n) is 7.13. The van der Waals surface area contributed by atoms with E-state index in [1.165, 1.54) is 24.3 Å². The van der Waals surface area contributed by atoms with Gasteiger partial charge in [0, 0.05) is 22.0 Å². The second kappa shape index (κ2) is 6.37. The Kier molecular flexibility index (Phi) is 4.27. The summed E-state index contributed by atoms with van der Waals surface area (Å²) in [6.45, 7) is 1.75. The van der Waals surface area contributed by atoms with E-state index in [4.69, 9.17) is 20.8 Å². The molecule has 0 atom stereocenters. The summed E-state index contributed by atoms with van der Waals surface area (Å²) in [6, 6.07) is 10.8. The Morgan fingerprint density at radius 2 is 2.00 bits per heavy atom. The molecule has 122 valence electrons. The first kappa shape index (κ1) is 16.1. The number of fused-ring (bicyclic) bond motifs is 1. The molecule has 0 spiro atoms. The van der Waals surface area contributed by atoms with Gasteiger partial charge in [-0.25, -0.2) is 9.59 Å². The number of aryl methyl sites for hydroxylation is 1. The third-order valence-corrected chi connectivity index (χ3v) is 3.76. The number of hydrogen-bond donors (Lipinski definition) is 1. The van der Waals surface area contributed by atoms with Gasteiger partial charge in [-0.1, -0.05) is 23.7 Å². The Bertz CT molecular complexity index is 990. The van der Waals surface area contributed by atoms with Crippen molar-refractivity contribution < 1.29 is 19.1 Å². The zero-order chi connectivity index (χ0) is 17.3. The number of phenolic OH excluding ortho intramolecular Hbond substituents is 1. The van der Waals surface area contributed by atoms with Crippen molar-refractivity contribution in [2.24, 2.45) is 0 Å². The van der Waals surface area contributed by atoms with Crippen LogP contribution in [-0.4, -0.2) is 11.1 Å². The van der Waals surface area contributed by atoms with E-state index in [1.807, 2.05) is 13.0 Å². The maximum absolute atomic E-state index is 12.1. The predicted molar refractivity (Wildman–Crippen MR) is 89.5 cm³/mol. The average molecular weight is 345 g/mol. The molecule has 0 saturated heterocycles. The Balaban J connectivity index is 1.89. The quantitative estimate of drug-likeness (QED) is 0.577. The van der Waals surface area contributed by atoms with Gasteiger partial charge in [0.25, 0.3) is 0 Å². The number of carbonyl (C=O) groups excluding carboxylic acids is 1. The lowest BCUT2D eigenvalue weighted by Crippen LogP contribution is -2.08. The van der Waals surface area contributed by atoms with Crippen molar-refractivity contribution in [2.45, 2.75) is 13.5 Å². The second-order valence-electron chi connectivity index (χ2n) is 5.33. The van der Waals surface area contributed by atoms with Crippen LogP contribution in [0.15, 0.2) is 51.7 Å². The molecule has 6 heteroatoms. The number of aromatic hydroxyl groups is 1. The SMILES string of the molecule is Cc1ccc2c(COC(=O)c3cc(Cl)ccc3O)cc(=O)oc2c1. The van der Waals surface area contributed by atoms with Crippen molar-refractivity contribution in [1.82, 2.24) is 0 Å². The molecule has 1 heterocycles. The van der Waals surface area contributed by atoms with Gasteiger partial charge in [0.15, 0.2) is 0 Å². The molecule has 1 aromatic heterocycles. The molecule has 2 aromatic carbocycles. The normalized spacial score (nSPS) is 10.8. The van der Waals surface area contributed by atoms with Crippen LogP contribution in [0.3, 0.4) is 0 Å². The molecule has 0 unspecified atom stereocenters. The number of carbonyl (C=O) groups is 1. The largest absolute Gasteiger partial charge is 0.507 e. The van der Waals surface area contributed by atoms with Crippen molar-refractivity contribution in [3.05, 3.63) is 74.6 Å². The predicted octanol–water partition coefficient (Wildman–Crippen LogP) is 3.82. The Morgan fingerprint density at radius 1 is 1.21 bits per heavy atom. The molecule has 0 aliphatic heterocycles. The van der Waals surface area contributed by atoms with Crippen LogP contribution < -0.4 is 5.63 Å². The van der Waals surface area contributed by atoms with E-state index in [0.29, 0.717) is 21.6 Å². The highest BCUT2D eigenvalue weighted by atomic mass is 35.5. The molecule has 0 aliphatic carbocycles. The van der Waals surface area contributed by atoms with Crippen LogP contribution in [0.4, 0.5) is 0 Å². The maximum Gasteiger partial charge on any atom is 0.342 e. The summed E-state index contributed by atoms with van der Waals surface area (Å²) in [5.74, 6) is -0.957. The molecule has 3 rings (SSSR count). The van der Waals surface area contributed by atoms with E-state index in [2.05, 4.69) is 0 Å². The maximum atomic E-state index is 12.1.